The smallest absolute Gasteiger partial charge is 0.253 e. The summed E-state index contributed by atoms with van der Waals surface area (Å²) >= 11 is 0. The van der Waals surface area contributed by atoms with Crippen molar-refractivity contribution in [2.24, 2.45) is 0 Å². The molecule has 0 aliphatic carbocycles. The summed E-state index contributed by atoms with van der Waals surface area (Å²) < 4.78 is 4.93. The summed E-state index contributed by atoms with van der Waals surface area (Å²) in [5, 5.41) is 2.86. The third-order valence-electron chi connectivity index (χ3n) is 2.69. The lowest BCUT2D eigenvalue weighted by Gasteiger charge is -2.05. The molecule has 2 N–H and O–H groups in total. The Hall–Kier alpha value is -1.88. The van der Waals surface area contributed by atoms with Crippen molar-refractivity contribution in [2.75, 3.05) is 20.3 Å². The SMILES string of the molecule is COCCCNC(=O)c1cccc2[nH]c(C)nc12. The van der Waals surface area contributed by atoms with Crippen molar-refractivity contribution in [1.29, 1.82) is 0 Å². The van der Waals surface area contributed by atoms with E-state index >= 15 is 0 Å². The molecular formula is C13H17N3O2. The van der Waals surface area contributed by atoms with E-state index in [0.29, 0.717) is 18.7 Å². The van der Waals surface area contributed by atoms with Crippen LogP contribution in [0.4, 0.5) is 0 Å². The number of para-hydroxylation sites is 1. The summed E-state index contributed by atoms with van der Waals surface area (Å²) in [6, 6.07) is 5.55. The van der Waals surface area contributed by atoms with E-state index < -0.39 is 0 Å². The molecule has 2 aromatic rings. The lowest BCUT2D eigenvalue weighted by molar-refractivity contribution is 0.0950. The van der Waals surface area contributed by atoms with Crippen LogP contribution in [0.2, 0.25) is 0 Å². The average molecular weight is 247 g/mol. The molecule has 2 rings (SSSR count). The number of aromatic nitrogens is 2. The number of carbonyl (C=O) groups excluding carboxylic acids is 1. The van der Waals surface area contributed by atoms with E-state index in [1.807, 2.05) is 19.1 Å². The maximum atomic E-state index is 12.0. The standard InChI is InChI=1S/C13H17N3O2/c1-9-15-11-6-3-5-10(12(11)16-9)13(17)14-7-4-8-18-2/h3,5-6H,4,7-8H2,1-2H3,(H,14,17)(H,15,16). The minimum Gasteiger partial charge on any atom is -0.385 e. The van der Waals surface area contributed by atoms with Crippen LogP contribution in [-0.2, 0) is 4.74 Å². The van der Waals surface area contributed by atoms with Crippen molar-refractivity contribution in [3.8, 4) is 0 Å². The van der Waals surface area contributed by atoms with Gasteiger partial charge in [-0.25, -0.2) is 4.98 Å². The molecule has 0 fully saturated rings. The van der Waals surface area contributed by atoms with Crippen molar-refractivity contribution >= 4 is 16.9 Å². The fourth-order valence-corrected chi connectivity index (χ4v) is 1.85. The number of fused-ring (bicyclic) bond motifs is 1. The molecule has 0 aliphatic rings. The number of nitrogens with zero attached hydrogens (tertiary/aromatic N) is 1. The number of methoxy groups -OCH3 is 1. The minimum absolute atomic E-state index is 0.0943. The van der Waals surface area contributed by atoms with E-state index in [0.717, 1.165) is 23.3 Å². The number of benzene rings is 1. The topological polar surface area (TPSA) is 67.0 Å². The second kappa shape index (κ2) is 5.64. The first-order chi connectivity index (χ1) is 8.72. The maximum absolute atomic E-state index is 12.0. The first kappa shape index (κ1) is 12.6. The van der Waals surface area contributed by atoms with Gasteiger partial charge in [0, 0.05) is 20.3 Å². The Morgan fingerprint density at radius 1 is 1.50 bits per heavy atom. The van der Waals surface area contributed by atoms with Crippen LogP contribution < -0.4 is 5.32 Å². The third kappa shape index (κ3) is 2.68. The number of aryl methyl sites for hydroxylation is 1. The molecule has 18 heavy (non-hydrogen) atoms. The molecule has 0 radical (unpaired) electrons. The number of imidazole rings is 1. The number of hydrogen-bond acceptors (Lipinski definition) is 3. The molecule has 0 aliphatic heterocycles. The van der Waals surface area contributed by atoms with Gasteiger partial charge in [0.2, 0.25) is 0 Å². The normalized spacial score (nSPS) is 10.8. The maximum Gasteiger partial charge on any atom is 0.253 e. The highest BCUT2D eigenvalue weighted by Gasteiger charge is 2.11. The largest absolute Gasteiger partial charge is 0.385 e. The quantitative estimate of drug-likeness (QED) is 0.789. The third-order valence-corrected chi connectivity index (χ3v) is 2.69. The number of aromatic amines is 1. The molecule has 1 aromatic carbocycles. The van der Waals surface area contributed by atoms with Crippen LogP contribution in [0, 0.1) is 6.92 Å². The average Bonchev–Trinajstić information content (AvgIpc) is 2.74. The molecule has 1 heterocycles. The molecule has 0 saturated carbocycles. The van der Waals surface area contributed by atoms with Crippen LogP contribution in [0.3, 0.4) is 0 Å². The first-order valence-corrected chi connectivity index (χ1v) is 5.95. The van der Waals surface area contributed by atoms with E-state index in [9.17, 15) is 4.79 Å². The zero-order valence-corrected chi connectivity index (χ0v) is 10.6. The van der Waals surface area contributed by atoms with Crippen LogP contribution >= 0.6 is 0 Å². The lowest BCUT2D eigenvalue weighted by atomic mass is 10.1. The van der Waals surface area contributed by atoms with E-state index in [2.05, 4.69) is 15.3 Å². The summed E-state index contributed by atoms with van der Waals surface area (Å²) in [5.74, 6) is 0.716. The van der Waals surface area contributed by atoms with E-state index in [4.69, 9.17) is 4.74 Å². The number of H-pyrrole nitrogens is 1. The van der Waals surface area contributed by atoms with Gasteiger partial charge in [0.25, 0.3) is 5.91 Å². The summed E-state index contributed by atoms with van der Waals surface area (Å²) in [7, 11) is 1.65. The van der Waals surface area contributed by atoms with Gasteiger partial charge in [-0.05, 0) is 25.5 Å². The van der Waals surface area contributed by atoms with E-state index in [1.165, 1.54) is 0 Å². The Kier molecular flexibility index (Phi) is 3.94. The monoisotopic (exact) mass is 247 g/mol. The van der Waals surface area contributed by atoms with Crippen LogP contribution in [0.1, 0.15) is 22.6 Å². The molecular weight excluding hydrogens is 230 g/mol. The summed E-state index contributed by atoms with van der Waals surface area (Å²) in [4.78, 5) is 19.5. The van der Waals surface area contributed by atoms with Crippen LogP contribution in [0.5, 0.6) is 0 Å². The minimum atomic E-state index is -0.0943. The van der Waals surface area contributed by atoms with Crippen LogP contribution in [-0.4, -0.2) is 36.1 Å². The fraction of sp³-hybridized carbons (Fsp3) is 0.385. The number of rotatable bonds is 5. The predicted octanol–water partition coefficient (Wildman–Crippen LogP) is 1.64. The fourth-order valence-electron chi connectivity index (χ4n) is 1.85. The van der Waals surface area contributed by atoms with Gasteiger partial charge >= 0.3 is 0 Å². The van der Waals surface area contributed by atoms with Gasteiger partial charge in [-0.15, -0.1) is 0 Å². The lowest BCUT2D eigenvalue weighted by Crippen LogP contribution is -2.25. The Morgan fingerprint density at radius 3 is 3.11 bits per heavy atom. The molecule has 0 saturated heterocycles. The van der Waals surface area contributed by atoms with Crippen molar-refractivity contribution in [1.82, 2.24) is 15.3 Å². The van der Waals surface area contributed by atoms with Gasteiger partial charge < -0.3 is 15.0 Å². The number of hydrogen-bond donors (Lipinski definition) is 2. The molecule has 96 valence electrons. The van der Waals surface area contributed by atoms with Crippen molar-refractivity contribution in [3.05, 3.63) is 29.6 Å². The predicted molar refractivity (Wildman–Crippen MR) is 69.7 cm³/mol. The first-order valence-electron chi connectivity index (χ1n) is 5.95. The summed E-state index contributed by atoms with van der Waals surface area (Å²) in [5.41, 5.74) is 2.21. The van der Waals surface area contributed by atoms with Crippen molar-refractivity contribution in [2.45, 2.75) is 13.3 Å². The van der Waals surface area contributed by atoms with Gasteiger partial charge in [-0.2, -0.15) is 0 Å². The van der Waals surface area contributed by atoms with E-state index in [1.54, 1.807) is 13.2 Å². The Labute approximate surface area is 106 Å². The van der Waals surface area contributed by atoms with Gasteiger partial charge in [-0.1, -0.05) is 6.07 Å². The Morgan fingerprint density at radius 2 is 2.33 bits per heavy atom. The van der Waals surface area contributed by atoms with Crippen molar-refractivity contribution in [3.63, 3.8) is 0 Å². The van der Waals surface area contributed by atoms with Gasteiger partial charge in [0.15, 0.2) is 0 Å². The van der Waals surface area contributed by atoms with Gasteiger partial charge in [-0.3, -0.25) is 4.79 Å². The van der Waals surface area contributed by atoms with Gasteiger partial charge in [0.05, 0.1) is 11.1 Å². The number of nitrogens with one attached hydrogen (secondary N) is 2. The summed E-state index contributed by atoms with van der Waals surface area (Å²) in [6.45, 7) is 3.12. The molecule has 1 aromatic heterocycles. The molecule has 0 unspecified atom stereocenters. The highest BCUT2D eigenvalue weighted by molar-refractivity contribution is 6.04. The Balaban J connectivity index is 2.12. The number of amides is 1. The van der Waals surface area contributed by atoms with Gasteiger partial charge in [0.1, 0.15) is 11.3 Å². The Bertz CT molecular complexity index is 548. The van der Waals surface area contributed by atoms with Crippen LogP contribution in [0.25, 0.3) is 11.0 Å². The molecule has 0 spiro atoms. The highest BCUT2D eigenvalue weighted by Crippen LogP contribution is 2.16. The molecule has 5 heteroatoms. The summed E-state index contributed by atoms with van der Waals surface area (Å²) in [6.07, 6.45) is 0.803. The zero-order chi connectivity index (χ0) is 13.0. The second-order valence-corrected chi connectivity index (χ2v) is 4.13. The zero-order valence-electron chi connectivity index (χ0n) is 10.6. The molecule has 1 amide bonds. The van der Waals surface area contributed by atoms with E-state index in [-0.39, 0.29) is 5.91 Å². The number of carbonyl (C=O) groups is 1. The van der Waals surface area contributed by atoms with Crippen LogP contribution in [0.15, 0.2) is 18.2 Å². The second-order valence-electron chi connectivity index (χ2n) is 4.13. The molecule has 5 nitrogen and oxygen atoms in total. The molecule has 0 bridgehead atoms. The highest BCUT2D eigenvalue weighted by atomic mass is 16.5. The molecule has 0 atom stereocenters. The number of ether oxygens (including phenoxy) is 1. The van der Waals surface area contributed by atoms with Crippen molar-refractivity contribution < 1.29 is 9.53 Å².